The highest BCUT2D eigenvalue weighted by molar-refractivity contribution is 6.30. The highest BCUT2D eigenvalue weighted by Gasteiger charge is 2.11. The van der Waals surface area contributed by atoms with Gasteiger partial charge in [-0.1, -0.05) is 23.7 Å². The quantitative estimate of drug-likeness (QED) is 0.857. The molecule has 5 nitrogen and oxygen atoms in total. The van der Waals surface area contributed by atoms with Crippen LogP contribution in [0.5, 0.6) is 5.88 Å². The number of aliphatic hydroxyl groups excluding tert-OH is 1. The van der Waals surface area contributed by atoms with Gasteiger partial charge in [-0.3, -0.25) is 4.98 Å². The second kappa shape index (κ2) is 7.07. The number of aliphatic hydroxyl groups is 1. The smallest absolute Gasteiger partial charge is 0.234 e. The lowest BCUT2D eigenvalue weighted by Gasteiger charge is -2.17. The summed E-state index contributed by atoms with van der Waals surface area (Å²) >= 11 is 5.85. The van der Waals surface area contributed by atoms with Crippen LogP contribution in [-0.2, 0) is 0 Å². The lowest BCUT2D eigenvalue weighted by atomic mass is 10.1. The Kier molecular flexibility index (Phi) is 5.15. The number of rotatable bonds is 6. The van der Waals surface area contributed by atoms with Crippen LogP contribution in [0.25, 0.3) is 0 Å². The summed E-state index contributed by atoms with van der Waals surface area (Å²) in [5.74, 6) is 0.996. The molecular formula is C14H16ClN3O2. The zero-order valence-corrected chi connectivity index (χ0v) is 11.8. The summed E-state index contributed by atoms with van der Waals surface area (Å²) in [5, 5.41) is 13.3. The number of hydrogen-bond donors (Lipinski definition) is 2. The van der Waals surface area contributed by atoms with E-state index in [1.54, 1.807) is 24.5 Å². The number of nitrogens with one attached hydrogen (secondary N) is 1. The lowest BCUT2D eigenvalue weighted by molar-refractivity contribution is 0.275. The fourth-order valence-corrected chi connectivity index (χ4v) is 1.87. The number of nitrogens with zero attached hydrogens (tertiary/aromatic N) is 2. The topological polar surface area (TPSA) is 67.3 Å². The predicted octanol–water partition coefficient (Wildman–Crippen LogP) is 2.67. The summed E-state index contributed by atoms with van der Waals surface area (Å²) in [6.07, 6.45) is 3.13. The minimum absolute atomic E-state index is 0.0673. The Morgan fingerprint density at radius 2 is 2.05 bits per heavy atom. The standard InChI is InChI=1S/C14H16ClN3O2/c1-2-20-14-8-16-7-13(18-14)17-12(9-19)10-3-5-11(15)6-4-10/h3-8,12,19H,2,9H2,1H3,(H,17,18). The van der Waals surface area contributed by atoms with Gasteiger partial charge in [0, 0.05) is 5.02 Å². The molecule has 0 aliphatic carbocycles. The molecule has 1 unspecified atom stereocenters. The molecular weight excluding hydrogens is 278 g/mol. The van der Waals surface area contributed by atoms with Crippen molar-refractivity contribution in [3.05, 3.63) is 47.2 Å². The Bertz CT molecular complexity index is 548. The van der Waals surface area contributed by atoms with Crippen molar-refractivity contribution in [1.82, 2.24) is 9.97 Å². The Balaban J connectivity index is 2.13. The fourth-order valence-electron chi connectivity index (χ4n) is 1.74. The predicted molar refractivity (Wildman–Crippen MR) is 78.1 cm³/mol. The number of ether oxygens (including phenoxy) is 1. The molecule has 0 aliphatic rings. The average molecular weight is 294 g/mol. The molecule has 0 saturated carbocycles. The third kappa shape index (κ3) is 3.82. The van der Waals surface area contributed by atoms with Crippen LogP contribution in [0.4, 0.5) is 5.82 Å². The normalized spacial score (nSPS) is 11.9. The van der Waals surface area contributed by atoms with Gasteiger partial charge in [0.1, 0.15) is 5.82 Å². The van der Waals surface area contributed by atoms with Gasteiger partial charge in [-0.05, 0) is 24.6 Å². The molecule has 1 atom stereocenters. The number of aromatic nitrogens is 2. The van der Waals surface area contributed by atoms with Crippen LogP contribution >= 0.6 is 11.6 Å². The van der Waals surface area contributed by atoms with E-state index in [4.69, 9.17) is 16.3 Å². The number of benzene rings is 1. The van der Waals surface area contributed by atoms with Gasteiger partial charge in [0.2, 0.25) is 5.88 Å². The molecule has 0 radical (unpaired) electrons. The van der Waals surface area contributed by atoms with Crippen molar-refractivity contribution in [3.8, 4) is 5.88 Å². The minimum Gasteiger partial charge on any atom is -0.477 e. The Labute approximate surface area is 122 Å². The van der Waals surface area contributed by atoms with E-state index >= 15 is 0 Å². The third-order valence-electron chi connectivity index (χ3n) is 2.68. The van der Waals surface area contributed by atoms with Gasteiger partial charge in [0.15, 0.2) is 0 Å². The van der Waals surface area contributed by atoms with Crippen LogP contribution in [0.3, 0.4) is 0 Å². The second-order valence-corrected chi connectivity index (χ2v) is 4.54. The SMILES string of the molecule is CCOc1cncc(NC(CO)c2ccc(Cl)cc2)n1. The van der Waals surface area contributed by atoms with E-state index in [1.807, 2.05) is 19.1 Å². The van der Waals surface area contributed by atoms with Crippen LogP contribution in [0, 0.1) is 0 Å². The van der Waals surface area contributed by atoms with Crippen molar-refractivity contribution in [2.75, 3.05) is 18.5 Å². The van der Waals surface area contributed by atoms with Gasteiger partial charge in [0.05, 0.1) is 31.6 Å². The molecule has 2 rings (SSSR count). The van der Waals surface area contributed by atoms with Gasteiger partial charge in [-0.15, -0.1) is 0 Å². The van der Waals surface area contributed by atoms with Crippen molar-refractivity contribution >= 4 is 17.4 Å². The van der Waals surface area contributed by atoms with Crippen molar-refractivity contribution in [2.45, 2.75) is 13.0 Å². The molecule has 1 aromatic carbocycles. The summed E-state index contributed by atoms with van der Waals surface area (Å²) in [4.78, 5) is 8.31. The number of hydrogen-bond acceptors (Lipinski definition) is 5. The van der Waals surface area contributed by atoms with Crippen molar-refractivity contribution in [3.63, 3.8) is 0 Å². The van der Waals surface area contributed by atoms with E-state index in [0.29, 0.717) is 23.3 Å². The third-order valence-corrected chi connectivity index (χ3v) is 2.93. The molecule has 0 fully saturated rings. The maximum absolute atomic E-state index is 9.51. The maximum atomic E-state index is 9.51. The maximum Gasteiger partial charge on any atom is 0.234 e. The molecule has 2 aromatic rings. The molecule has 106 valence electrons. The van der Waals surface area contributed by atoms with Gasteiger partial charge >= 0.3 is 0 Å². The summed E-state index contributed by atoms with van der Waals surface area (Å²) in [5.41, 5.74) is 0.917. The molecule has 1 aromatic heterocycles. The summed E-state index contributed by atoms with van der Waals surface area (Å²) in [7, 11) is 0. The van der Waals surface area contributed by atoms with Crippen LogP contribution in [0.1, 0.15) is 18.5 Å². The second-order valence-electron chi connectivity index (χ2n) is 4.11. The van der Waals surface area contributed by atoms with Crippen LogP contribution in [0.2, 0.25) is 5.02 Å². The average Bonchev–Trinajstić information content (AvgIpc) is 2.47. The van der Waals surface area contributed by atoms with Crippen LogP contribution in [-0.4, -0.2) is 28.3 Å². The first-order chi connectivity index (χ1) is 9.72. The Morgan fingerprint density at radius 3 is 2.70 bits per heavy atom. The molecule has 20 heavy (non-hydrogen) atoms. The highest BCUT2D eigenvalue weighted by atomic mass is 35.5. The largest absolute Gasteiger partial charge is 0.477 e. The first-order valence-electron chi connectivity index (χ1n) is 6.30. The van der Waals surface area contributed by atoms with E-state index in [0.717, 1.165) is 5.56 Å². The van der Waals surface area contributed by atoms with Gasteiger partial charge < -0.3 is 15.2 Å². The minimum atomic E-state index is -0.279. The Hall–Kier alpha value is -1.85. The van der Waals surface area contributed by atoms with Crippen molar-refractivity contribution < 1.29 is 9.84 Å². The van der Waals surface area contributed by atoms with Gasteiger partial charge in [0.25, 0.3) is 0 Å². The molecule has 1 heterocycles. The molecule has 6 heteroatoms. The van der Waals surface area contributed by atoms with E-state index in [9.17, 15) is 5.11 Å². The van der Waals surface area contributed by atoms with E-state index < -0.39 is 0 Å². The van der Waals surface area contributed by atoms with Crippen molar-refractivity contribution in [1.29, 1.82) is 0 Å². The number of anilines is 1. The zero-order valence-electron chi connectivity index (χ0n) is 11.1. The first-order valence-corrected chi connectivity index (χ1v) is 6.68. The molecule has 0 spiro atoms. The molecule has 0 saturated heterocycles. The summed E-state index contributed by atoms with van der Waals surface area (Å²) < 4.78 is 5.29. The van der Waals surface area contributed by atoms with Crippen LogP contribution in [0.15, 0.2) is 36.7 Å². The molecule has 0 amide bonds. The summed E-state index contributed by atoms with van der Waals surface area (Å²) in [6, 6.07) is 7.00. The Morgan fingerprint density at radius 1 is 1.30 bits per heavy atom. The fraction of sp³-hybridized carbons (Fsp3) is 0.286. The molecule has 0 aliphatic heterocycles. The zero-order chi connectivity index (χ0) is 14.4. The van der Waals surface area contributed by atoms with Crippen LogP contribution < -0.4 is 10.1 Å². The monoisotopic (exact) mass is 293 g/mol. The van der Waals surface area contributed by atoms with Gasteiger partial charge in [-0.25, -0.2) is 0 Å². The summed E-state index contributed by atoms with van der Waals surface area (Å²) in [6.45, 7) is 2.34. The molecule has 2 N–H and O–H groups in total. The van der Waals surface area contributed by atoms with E-state index in [2.05, 4.69) is 15.3 Å². The first kappa shape index (κ1) is 14.6. The van der Waals surface area contributed by atoms with E-state index in [-0.39, 0.29) is 12.6 Å². The van der Waals surface area contributed by atoms with E-state index in [1.165, 1.54) is 0 Å². The lowest BCUT2D eigenvalue weighted by Crippen LogP contribution is -2.16. The number of halogens is 1. The van der Waals surface area contributed by atoms with Crippen molar-refractivity contribution in [2.24, 2.45) is 0 Å². The highest BCUT2D eigenvalue weighted by Crippen LogP contribution is 2.20. The van der Waals surface area contributed by atoms with Gasteiger partial charge in [-0.2, -0.15) is 4.98 Å². The molecule has 0 bridgehead atoms.